The molecular weight excluding hydrogens is 394 g/mol. The van der Waals surface area contributed by atoms with Crippen LogP contribution in [-0.2, 0) is 16.3 Å². The van der Waals surface area contributed by atoms with Gasteiger partial charge in [0.2, 0.25) is 0 Å². The van der Waals surface area contributed by atoms with Crippen molar-refractivity contribution in [2.24, 2.45) is 11.8 Å². The van der Waals surface area contributed by atoms with E-state index in [1.54, 1.807) is 13.8 Å². The van der Waals surface area contributed by atoms with Gasteiger partial charge in [-0.15, -0.1) is 0 Å². The number of nitrogens with one attached hydrogen (secondary N) is 1. The molecule has 0 aliphatic heterocycles. The van der Waals surface area contributed by atoms with Gasteiger partial charge < -0.3 is 5.32 Å². The van der Waals surface area contributed by atoms with E-state index in [0.29, 0.717) is 23.6 Å². The monoisotopic (exact) mass is 433 g/mol. The number of carbonyl (C=O) groups is 1. The summed E-state index contributed by atoms with van der Waals surface area (Å²) in [6.07, 6.45) is 12.4. The van der Waals surface area contributed by atoms with Gasteiger partial charge in [-0.25, -0.2) is 8.42 Å². The molecule has 0 bridgehead atoms. The smallest absolute Gasteiger partial charge is 0.251 e. The van der Waals surface area contributed by atoms with Crippen LogP contribution in [0, 0.1) is 11.8 Å². The van der Waals surface area contributed by atoms with Crippen LogP contribution >= 0.6 is 0 Å². The number of hydrogen-bond donors (Lipinski definition) is 1. The Bertz CT molecular complexity index is 788. The van der Waals surface area contributed by atoms with E-state index in [0.717, 1.165) is 56.9 Å². The van der Waals surface area contributed by atoms with Crippen LogP contribution in [0.1, 0.15) is 94.0 Å². The highest BCUT2D eigenvalue weighted by Gasteiger charge is 2.27. The van der Waals surface area contributed by atoms with Gasteiger partial charge in [-0.2, -0.15) is 0 Å². The lowest BCUT2D eigenvalue weighted by Crippen LogP contribution is -2.36. The van der Waals surface area contributed by atoms with Gasteiger partial charge in [-0.1, -0.05) is 44.2 Å². The average molecular weight is 434 g/mol. The fourth-order valence-corrected chi connectivity index (χ4v) is 6.34. The molecule has 1 amide bonds. The molecule has 0 radical (unpaired) electrons. The van der Waals surface area contributed by atoms with Gasteiger partial charge >= 0.3 is 0 Å². The summed E-state index contributed by atoms with van der Waals surface area (Å²) in [5.41, 5.74) is 2.01. The SMILES string of the molecule is CC(C)S(=O)(=O)CC1CCC(CCc2cccc(C(=O)NC3CCCCC3)c2)CC1. The topological polar surface area (TPSA) is 63.2 Å². The van der Waals surface area contributed by atoms with E-state index in [1.807, 2.05) is 12.1 Å². The van der Waals surface area contributed by atoms with Crippen LogP contribution in [0.4, 0.5) is 0 Å². The quantitative estimate of drug-likeness (QED) is 0.604. The molecule has 168 valence electrons. The van der Waals surface area contributed by atoms with E-state index in [9.17, 15) is 13.2 Å². The van der Waals surface area contributed by atoms with E-state index in [4.69, 9.17) is 0 Å². The molecule has 1 aromatic rings. The first kappa shape index (κ1) is 23.3. The fraction of sp³-hybridized carbons (Fsp3) is 0.720. The summed E-state index contributed by atoms with van der Waals surface area (Å²) in [4.78, 5) is 12.6. The average Bonchev–Trinajstić information content (AvgIpc) is 2.74. The van der Waals surface area contributed by atoms with E-state index in [1.165, 1.54) is 24.8 Å². The maximum absolute atomic E-state index is 12.6. The van der Waals surface area contributed by atoms with Gasteiger partial charge in [-0.3, -0.25) is 4.79 Å². The molecule has 0 aromatic heterocycles. The normalized spacial score (nSPS) is 23.4. The molecule has 1 aromatic carbocycles. The molecule has 0 unspecified atom stereocenters. The summed E-state index contributed by atoms with van der Waals surface area (Å²) in [5.74, 6) is 1.43. The minimum Gasteiger partial charge on any atom is -0.349 e. The van der Waals surface area contributed by atoms with Crippen molar-refractivity contribution in [2.45, 2.75) is 95.8 Å². The third-order valence-electron chi connectivity index (χ3n) is 7.12. The maximum atomic E-state index is 12.6. The third kappa shape index (κ3) is 6.83. The number of hydrogen-bond acceptors (Lipinski definition) is 3. The van der Waals surface area contributed by atoms with Crippen molar-refractivity contribution in [1.82, 2.24) is 5.32 Å². The second-order valence-electron chi connectivity index (χ2n) is 9.81. The highest BCUT2D eigenvalue weighted by Crippen LogP contribution is 2.33. The van der Waals surface area contributed by atoms with Crippen molar-refractivity contribution in [2.75, 3.05) is 5.75 Å². The summed E-state index contributed by atoms with van der Waals surface area (Å²) >= 11 is 0. The van der Waals surface area contributed by atoms with Crippen LogP contribution in [0.15, 0.2) is 24.3 Å². The molecule has 2 aliphatic carbocycles. The molecule has 5 heteroatoms. The van der Waals surface area contributed by atoms with Gasteiger partial charge in [0.25, 0.3) is 5.91 Å². The lowest BCUT2D eigenvalue weighted by atomic mass is 9.80. The Morgan fingerprint density at radius 3 is 2.33 bits per heavy atom. The zero-order chi connectivity index (χ0) is 21.6. The summed E-state index contributed by atoms with van der Waals surface area (Å²) in [5, 5.41) is 2.95. The van der Waals surface area contributed by atoms with Crippen molar-refractivity contribution in [3.8, 4) is 0 Å². The van der Waals surface area contributed by atoms with Gasteiger partial charge in [0, 0.05) is 11.6 Å². The Labute approximate surface area is 183 Å². The summed E-state index contributed by atoms with van der Waals surface area (Å²) in [6.45, 7) is 3.56. The molecule has 2 aliphatic rings. The number of amides is 1. The Kier molecular flexibility index (Phi) is 8.38. The van der Waals surface area contributed by atoms with Crippen molar-refractivity contribution >= 4 is 15.7 Å². The second-order valence-corrected chi connectivity index (χ2v) is 12.4. The lowest BCUT2D eigenvalue weighted by Gasteiger charge is -2.29. The van der Waals surface area contributed by atoms with Crippen LogP contribution in [0.2, 0.25) is 0 Å². The predicted molar refractivity (Wildman–Crippen MR) is 123 cm³/mol. The van der Waals surface area contributed by atoms with Gasteiger partial charge in [0.1, 0.15) is 0 Å². The zero-order valence-electron chi connectivity index (χ0n) is 18.7. The summed E-state index contributed by atoms with van der Waals surface area (Å²) in [7, 11) is -2.93. The largest absolute Gasteiger partial charge is 0.349 e. The number of carbonyl (C=O) groups excluding carboxylic acids is 1. The summed E-state index contributed by atoms with van der Waals surface area (Å²) in [6, 6.07) is 8.43. The Balaban J connectivity index is 1.44. The first-order valence-electron chi connectivity index (χ1n) is 11.9. The molecule has 0 heterocycles. The molecule has 2 saturated carbocycles. The molecule has 1 N–H and O–H groups in total. The minimum absolute atomic E-state index is 0.0654. The van der Waals surface area contributed by atoms with Crippen molar-refractivity contribution in [1.29, 1.82) is 0 Å². The maximum Gasteiger partial charge on any atom is 0.251 e. The first-order chi connectivity index (χ1) is 14.3. The molecule has 0 spiro atoms. The van der Waals surface area contributed by atoms with Gasteiger partial charge in [0.05, 0.1) is 11.0 Å². The van der Waals surface area contributed by atoms with Crippen LogP contribution in [0.5, 0.6) is 0 Å². The Morgan fingerprint density at radius 2 is 1.67 bits per heavy atom. The van der Waals surface area contributed by atoms with Crippen molar-refractivity contribution in [3.63, 3.8) is 0 Å². The second kappa shape index (κ2) is 10.8. The van der Waals surface area contributed by atoms with E-state index in [2.05, 4.69) is 17.4 Å². The van der Waals surface area contributed by atoms with E-state index < -0.39 is 9.84 Å². The van der Waals surface area contributed by atoms with Gasteiger partial charge in [-0.05, 0) is 81.9 Å². The Morgan fingerprint density at radius 1 is 1.00 bits per heavy atom. The van der Waals surface area contributed by atoms with Crippen molar-refractivity contribution in [3.05, 3.63) is 35.4 Å². The minimum atomic E-state index is -2.93. The van der Waals surface area contributed by atoms with Crippen molar-refractivity contribution < 1.29 is 13.2 Å². The number of sulfone groups is 1. The molecule has 30 heavy (non-hydrogen) atoms. The molecular formula is C25H39NO3S. The number of benzene rings is 1. The lowest BCUT2D eigenvalue weighted by molar-refractivity contribution is 0.0927. The number of rotatable bonds is 8. The highest BCUT2D eigenvalue weighted by molar-refractivity contribution is 7.91. The zero-order valence-corrected chi connectivity index (χ0v) is 19.6. The van der Waals surface area contributed by atoms with Crippen LogP contribution in [-0.4, -0.2) is 31.4 Å². The molecule has 0 saturated heterocycles. The van der Waals surface area contributed by atoms with Crippen LogP contribution in [0.3, 0.4) is 0 Å². The number of aryl methyl sites for hydroxylation is 1. The molecule has 0 atom stereocenters. The summed E-state index contributed by atoms with van der Waals surface area (Å²) < 4.78 is 24.3. The van der Waals surface area contributed by atoms with Crippen LogP contribution < -0.4 is 5.32 Å². The third-order valence-corrected chi connectivity index (χ3v) is 9.50. The van der Waals surface area contributed by atoms with E-state index >= 15 is 0 Å². The fourth-order valence-electron chi connectivity index (χ4n) is 4.96. The first-order valence-corrected chi connectivity index (χ1v) is 13.7. The van der Waals surface area contributed by atoms with E-state index in [-0.39, 0.29) is 11.2 Å². The molecule has 4 nitrogen and oxygen atoms in total. The Hall–Kier alpha value is -1.36. The van der Waals surface area contributed by atoms with Crippen LogP contribution in [0.25, 0.3) is 0 Å². The molecule has 3 rings (SSSR count). The predicted octanol–water partition coefficient (Wildman–Crippen LogP) is 5.31. The highest BCUT2D eigenvalue weighted by atomic mass is 32.2. The molecule has 2 fully saturated rings. The van der Waals surface area contributed by atoms with Gasteiger partial charge in [0.15, 0.2) is 9.84 Å². The standard InChI is InChI=1S/C25H39NO3S/c1-19(2)30(28,29)18-22-15-12-20(13-16-22)11-14-21-7-6-8-23(17-21)25(27)26-24-9-4-3-5-10-24/h6-8,17,19-20,22,24H,3-5,9-16,18H2,1-2H3,(H,26,27).